The number of halogens is 1. The molecule has 0 aliphatic heterocycles. The Balaban J connectivity index is 2.14. The number of aromatic nitrogens is 2. The predicted octanol–water partition coefficient (Wildman–Crippen LogP) is 3.61. The number of benzene rings is 1. The Labute approximate surface area is 119 Å². The normalized spacial score (nSPS) is 18.6. The van der Waals surface area contributed by atoms with Crippen LogP contribution >= 0.6 is 15.9 Å². The molecule has 2 aromatic rings. The van der Waals surface area contributed by atoms with Crippen molar-refractivity contribution < 1.29 is 9.90 Å². The molecule has 0 bridgehead atoms. The lowest BCUT2D eigenvalue weighted by molar-refractivity contribution is -0.145. The van der Waals surface area contributed by atoms with Gasteiger partial charge in [0.2, 0.25) is 0 Å². The molecule has 1 heterocycles. The third kappa shape index (κ3) is 1.96. The van der Waals surface area contributed by atoms with Gasteiger partial charge in [0.1, 0.15) is 4.60 Å². The van der Waals surface area contributed by atoms with Crippen molar-refractivity contribution in [3.05, 3.63) is 28.4 Å². The fourth-order valence-electron chi connectivity index (χ4n) is 3.06. The van der Waals surface area contributed by atoms with Gasteiger partial charge in [-0.05, 0) is 46.5 Å². The van der Waals surface area contributed by atoms with Gasteiger partial charge in [0.05, 0.1) is 10.9 Å². The van der Waals surface area contributed by atoms with Gasteiger partial charge in [-0.1, -0.05) is 25.3 Å². The standard InChI is InChI=1S/C14H15BrN2O2/c15-12-10-8-9(4-5-11(10)16-17-12)14(13(18)19)6-2-1-3-7-14/h4-5,8H,1-3,6-7H2,(H,16,17)(H,18,19). The molecular formula is C14H15BrN2O2. The Kier molecular flexibility index (Phi) is 3.09. The number of aliphatic carboxylic acids is 1. The predicted molar refractivity (Wildman–Crippen MR) is 76.2 cm³/mol. The summed E-state index contributed by atoms with van der Waals surface area (Å²) >= 11 is 3.41. The Morgan fingerprint density at radius 2 is 2.05 bits per heavy atom. The number of fused-ring (bicyclic) bond motifs is 1. The maximum Gasteiger partial charge on any atom is 0.314 e. The summed E-state index contributed by atoms with van der Waals surface area (Å²) in [4.78, 5) is 11.8. The van der Waals surface area contributed by atoms with Crippen LogP contribution in [-0.2, 0) is 10.2 Å². The number of hydrogen-bond donors (Lipinski definition) is 2. The number of nitrogens with one attached hydrogen (secondary N) is 1. The van der Waals surface area contributed by atoms with Crippen molar-refractivity contribution in [3.8, 4) is 0 Å². The molecule has 2 N–H and O–H groups in total. The van der Waals surface area contributed by atoms with Crippen molar-refractivity contribution in [3.63, 3.8) is 0 Å². The van der Waals surface area contributed by atoms with Crippen molar-refractivity contribution in [2.45, 2.75) is 37.5 Å². The third-order valence-electron chi connectivity index (χ3n) is 4.18. The summed E-state index contributed by atoms with van der Waals surface area (Å²) < 4.78 is 0.806. The van der Waals surface area contributed by atoms with Gasteiger partial charge in [-0.2, -0.15) is 5.10 Å². The molecule has 1 fully saturated rings. The van der Waals surface area contributed by atoms with Crippen LogP contribution in [0.15, 0.2) is 22.8 Å². The van der Waals surface area contributed by atoms with Crippen molar-refractivity contribution >= 4 is 32.8 Å². The second-order valence-electron chi connectivity index (χ2n) is 5.22. The molecule has 0 radical (unpaired) electrons. The maximum atomic E-state index is 11.8. The van der Waals surface area contributed by atoms with Crippen molar-refractivity contribution in [1.29, 1.82) is 0 Å². The molecule has 1 saturated carbocycles. The van der Waals surface area contributed by atoms with Crippen LogP contribution in [0.25, 0.3) is 10.9 Å². The minimum absolute atomic E-state index is 0.703. The van der Waals surface area contributed by atoms with Gasteiger partial charge < -0.3 is 5.11 Å². The zero-order valence-electron chi connectivity index (χ0n) is 10.4. The highest BCUT2D eigenvalue weighted by atomic mass is 79.9. The van der Waals surface area contributed by atoms with Crippen molar-refractivity contribution in [1.82, 2.24) is 10.2 Å². The van der Waals surface area contributed by atoms with Gasteiger partial charge in [-0.3, -0.25) is 9.89 Å². The Morgan fingerprint density at radius 1 is 1.32 bits per heavy atom. The fraction of sp³-hybridized carbons (Fsp3) is 0.429. The molecule has 5 heteroatoms. The molecule has 4 nitrogen and oxygen atoms in total. The zero-order chi connectivity index (χ0) is 13.5. The summed E-state index contributed by atoms with van der Waals surface area (Å²) in [5.41, 5.74) is 1.03. The quantitative estimate of drug-likeness (QED) is 0.887. The van der Waals surface area contributed by atoms with Crippen LogP contribution in [0.5, 0.6) is 0 Å². The molecule has 1 aromatic carbocycles. The average Bonchev–Trinajstić information content (AvgIpc) is 2.80. The number of carboxylic acid groups (broad SMARTS) is 1. The van der Waals surface area contributed by atoms with Gasteiger partial charge >= 0.3 is 5.97 Å². The van der Waals surface area contributed by atoms with E-state index in [4.69, 9.17) is 0 Å². The first-order chi connectivity index (χ1) is 9.13. The lowest BCUT2D eigenvalue weighted by atomic mass is 9.69. The number of nitrogens with zero attached hydrogens (tertiary/aromatic N) is 1. The Hall–Kier alpha value is -1.36. The summed E-state index contributed by atoms with van der Waals surface area (Å²) in [5.74, 6) is -0.703. The van der Waals surface area contributed by atoms with E-state index in [1.165, 1.54) is 0 Å². The van der Waals surface area contributed by atoms with E-state index >= 15 is 0 Å². The highest BCUT2D eigenvalue weighted by molar-refractivity contribution is 9.10. The molecule has 0 amide bonds. The molecule has 1 aromatic heterocycles. The van der Waals surface area contributed by atoms with E-state index in [0.29, 0.717) is 0 Å². The van der Waals surface area contributed by atoms with E-state index in [1.807, 2.05) is 18.2 Å². The van der Waals surface area contributed by atoms with Crippen molar-refractivity contribution in [2.75, 3.05) is 0 Å². The van der Waals surface area contributed by atoms with E-state index in [9.17, 15) is 9.90 Å². The van der Waals surface area contributed by atoms with Crippen LogP contribution in [0.1, 0.15) is 37.7 Å². The lowest BCUT2D eigenvalue weighted by Crippen LogP contribution is -2.37. The molecule has 0 saturated heterocycles. The highest BCUT2D eigenvalue weighted by Gasteiger charge is 2.41. The molecule has 1 aliphatic rings. The number of aromatic amines is 1. The molecule has 0 unspecified atom stereocenters. The molecule has 0 spiro atoms. The summed E-state index contributed by atoms with van der Waals surface area (Å²) in [7, 11) is 0. The SMILES string of the molecule is O=C(O)C1(c2ccc3n[nH]c(Br)c3c2)CCCCC1. The van der Waals surface area contributed by atoms with E-state index in [0.717, 1.165) is 53.2 Å². The summed E-state index contributed by atoms with van der Waals surface area (Å²) in [6.45, 7) is 0. The van der Waals surface area contributed by atoms with Crippen LogP contribution in [0.4, 0.5) is 0 Å². The van der Waals surface area contributed by atoms with Gasteiger partial charge in [0.15, 0.2) is 0 Å². The molecule has 100 valence electrons. The minimum Gasteiger partial charge on any atom is -0.481 e. The van der Waals surface area contributed by atoms with Gasteiger partial charge in [-0.25, -0.2) is 0 Å². The van der Waals surface area contributed by atoms with E-state index in [1.54, 1.807) is 0 Å². The second kappa shape index (κ2) is 4.63. The topological polar surface area (TPSA) is 66.0 Å². The van der Waals surface area contributed by atoms with Crippen LogP contribution in [-0.4, -0.2) is 21.3 Å². The maximum absolute atomic E-state index is 11.8. The van der Waals surface area contributed by atoms with Crippen molar-refractivity contribution in [2.24, 2.45) is 0 Å². The number of rotatable bonds is 2. The van der Waals surface area contributed by atoms with Crippen LogP contribution in [0, 0.1) is 0 Å². The molecule has 1 aliphatic carbocycles. The molecule has 3 rings (SSSR count). The number of carboxylic acids is 1. The summed E-state index contributed by atoms with van der Waals surface area (Å²) in [6.07, 6.45) is 4.55. The van der Waals surface area contributed by atoms with Crippen LogP contribution < -0.4 is 0 Å². The van der Waals surface area contributed by atoms with Gasteiger partial charge in [0, 0.05) is 5.39 Å². The third-order valence-corrected chi connectivity index (χ3v) is 4.78. The van der Waals surface area contributed by atoms with E-state index in [-0.39, 0.29) is 0 Å². The first-order valence-electron chi connectivity index (χ1n) is 6.51. The first kappa shape index (κ1) is 12.7. The van der Waals surface area contributed by atoms with E-state index in [2.05, 4.69) is 26.1 Å². The second-order valence-corrected chi connectivity index (χ2v) is 6.01. The fourth-order valence-corrected chi connectivity index (χ4v) is 3.46. The molecule has 19 heavy (non-hydrogen) atoms. The number of H-pyrrole nitrogens is 1. The molecular weight excluding hydrogens is 308 g/mol. The lowest BCUT2D eigenvalue weighted by Gasteiger charge is -2.33. The molecule has 0 atom stereocenters. The highest BCUT2D eigenvalue weighted by Crippen LogP contribution is 2.41. The minimum atomic E-state index is -0.719. The average molecular weight is 323 g/mol. The summed E-state index contributed by atoms with van der Waals surface area (Å²) in [6, 6.07) is 5.77. The zero-order valence-corrected chi connectivity index (χ0v) is 12.0. The van der Waals surface area contributed by atoms with Crippen LogP contribution in [0.3, 0.4) is 0 Å². The Morgan fingerprint density at radius 3 is 2.74 bits per heavy atom. The first-order valence-corrected chi connectivity index (χ1v) is 7.30. The van der Waals surface area contributed by atoms with E-state index < -0.39 is 11.4 Å². The Bertz CT molecular complexity index is 629. The number of hydrogen-bond acceptors (Lipinski definition) is 2. The van der Waals surface area contributed by atoms with Gasteiger partial charge in [-0.15, -0.1) is 0 Å². The monoisotopic (exact) mass is 322 g/mol. The van der Waals surface area contributed by atoms with Crippen LogP contribution in [0.2, 0.25) is 0 Å². The number of carbonyl (C=O) groups is 1. The smallest absolute Gasteiger partial charge is 0.314 e. The summed E-state index contributed by atoms with van der Waals surface area (Å²) in [5, 5.41) is 17.7. The largest absolute Gasteiger partial charge is 0.481 e. The van der Waals surface area contributed by atoms with Gasteiger partial charge in [0.25, 0.3) is 0 Å².